The van der Waals surface area contributed by atoms with Crippen LogP contribution in [-0.2, 0) is 17.7 Å². The maximum Gasteiger partial charge on any atom is 0.410 e. The average molecular weight is 284 g/mol. The molecule has 0 saturated carbocycles. The van der Waals surface area contributed by atoms with Gasteiger partial charge in [-0.2, -0.15) is 4.37 Å². The second-order valence-electron chi connectivity index (χ2n) is 5.27. The summed E-state index contributed by atoms with van der Waals surface area (Å²) in [6.45, 7) is 6.92. The molecule has 0 aromatic carbocycles. The first-order valence-electron chi connectivity index (χ1n) is 5.86. The van der Waals surface area contributed by atoms with Crippen LogP contribution in [0.25, 0.3) is 0 Å². The van der Waals surface area contributed by atoms with Crippen LogP contribution in [0.5, 0.6) is 0 Å². The van der Waals surface area contributed by atoms with Gasteiger partial charge in [0.1, 0.15) is 5.60 Å². The molecule has 0 atom stereocenters. The van der Waals surface area contributed by atoms with Crippen LogP contribution in [0.4, 0.5) is 4.79 Å². The van der Waals surface area contributed by atoms with E-state index in [0.717, 1.165) is 17.7 Å². The fraction of sp³-hybridized carbons (Fsp3) is 0.583. The minimum absolute atomic E-state index is 0.251. The van der Waals surface area contributed by atoms with Crippen LogP contribution in [0.2, 0.25) is 0 Å². The first-order valence-corrected chi connectivity index (χ1v) is 7.21. The van der Waals surface area contributed by atoms with Crippen molar-refractivity contribution >= 4 is 32.3 Å². The van der Waals surface area contributed by atoms with Crippen LogP contribution in [0.15, 0.2) is 0 Å². The van der Waals surface area contributed by atoms with Gasteiger partial charge in [-0.15, -0.1) is 8.86 Å². The molecular formula is C12H17N2O2PS. The van der Waals surface area contributed by atoms with E-state index in [4.69, 9.17) is 4.74 Å². The summed E-state index contributed by atoms with van der Waals surface area (Å²) < 4.78 is 9.73. The third-order valence-corrected chi connectivity index (χ3v) is 3.88. The summed E-state index contributed by atoms with van der Waals surface area (Å²) >= 11 is 1.51. The molecule has 1 aliphatic rings. The molecule has 0 bridgehead atoms. The molecule has 1 aromatic heterocycles. The predicted octanol–water partition coefficient (Wildman–Crippen LogP) is 2.73. The number of hydrogen-bond acceptors (Lipinski definition) is 4. The van der Waals surface area contributed by atoms with E-state index >= 15 is 0 Å². The lowest BCUT2D eigenvalue weighted by molar-refractivity contribution is 0.0225. The maximum atomic E-state index is 12.0. The average Bonchev–Trinajstić information content (AvgIpc) is 2.68. The van der Waals surface area contributed by atoms with Crippen LogP contribution in [0, 0.1) is 0 Å². The Bertz CT molecular complexity index is 479. The Morgan fingerprint density at radius 2 is 2.28 bits per heavy atom. The zero-order chi connectivity index (χ0) is 13.3. The minimum Gasteiger partial charge on any atom is -0.444 e. The number of carbonyl (C=O) groups excluding carboxylic acids is 1. The van der Waals surface area contributed by atoms with Crippen molar-refractivity contribution in [2.75, 3.05) is 6.54 Å². The predicted molar refractivity (Wildman–Crippen MR) is 75.9 cm³/mol. The normalized spacial score (nSPS) is 15.2. The van der Waals surface area contributed by atoms with Gasteiger partial charge in [-0.3, -0.25) is 0 Å². The van der Waals surface area contributed by atoms with Crippen LogP contribution in [0.1, 0.15) is 36.9 Å². The van der Waals surface area contributed by atoms with E-state index in [-0.39, 0.29) is 6.09 Å². The summed E-state index contributed by atoms with van der Waals surface area (Å²) in [6.07, 6.45) is 0.603. The molecule has 2 rings (SSSR count). The van der Waals surface area contributed by atoms with E-state index in [9.17, 15) is 4.79 Å². The van der Waals surface area contributed by atoms with Gasteiger partial charge < -0.3 is 9.64 Å². The number of nitrogens with zero attached hydrogens (tertiary/aromatic N) is 2. The molecule has 0 fully saturated rings. The van der Waals surface area contributed by atoms with Gasteiger partial charge >= 0.3 is 6.09 Å². The lowest BCUT2D eigenvalue weighted by atomic mass is 10.1. The number of rotatable bonds is 1. The molecule has 98 valence electrons. The van der Waals surface area contributed by atoms with E-state index in [0.29, 0.717) is 13.1 Å². The number of amides is 1. The standard InChI is InChI=1S/C12H17N2O2PS/c1-12(2,3)16-11(15)14-5-4-10-8(6-14)9(7-17)13-18-10/h7,17H,4-6H2,1-3H3. The van der Waals surface area contributed by atoms with Crippen LogP contribution < -0.4 is 0 Å². The largest absolute Gasteiger partial charge is 0.444 e. The van der Waals surface area contributed by atoms with Gasteiger partial charge in [-0.25, -0.2) is 4.79 Å². The molecule has 4 nitrogen and oxygen atoms in total. The Balaban J connectivity index is 2.11. The summed E-state index contributed by atoms with van der Waals surface area (Å²) in [7, 11) is 3.36. The maximum absolute atomic E-state index is 12.0. The smallest absolute Gasteiger partial charge is 0.410 e. The molecule has 1 aliphatic heterocycles. The van der Waals surface area contributed by atoms with Crippen LogP contribution in [0.3, 0.4) is 0 Å². The Morgan fingerprint density at radius 1 is 1.56 bits per heavy atom. The highest BCUT2D eigenvalue weighted by Crippen LogP contribution is 2.26. The molecule has 0 aliphatic carbocycles. The van der Waals surface area contributed by atoms with Gasteiger partial charge in [0.15, 0.2) is 0 Å². The van der Waals surface area contributed by atoms with Crippen molar-refractivity contribution in [3.63, 3.8) is 0 Å². The topological polar surface area (TPSA) is 42.4 Å². The Labute approximate surface area is 113 Å². The molecule has 0 unspecified atom stereocenters. The van der Waals surface area contributed by atoms with Gasteiger partial charge in [-0.05, 0) is 38.1 Å². The van der Waals surface area contributed by atoms with Crippen molar-refractivity contribution in [3.05, 3.63) is 16.1 Å². The van der Waals surface area contributed by atoms with Crippen LogP contribution >= 0.6 is 20.4 Å². The summed E-state index contributed by atoms with van der Waals surface area (Å²) in [5, 5.41) is 0. The molecule has 0 radical (unpaired) electrons. The van der Waals surface area contributed by atoms with E-state index in [1.165, 1.54) is 16.4 Å². The van der Waals surface area contributed by atoms with Crippen molar-refractivity contribution in [1.29, 1.82) is 0 Å². The summed E-state index contributed by atoms with van der Waals surface area (Å²) in [4.78, 5) is 15.0. The van der Waals surface area contributed by atoms with E-state index < -0.39 is 5.60 Å². The molecule has 0 saturated heterocycles. The Hall–Kier alpha value is -0.930. The summed E-state index contributed by atoms with van der Waals surface area (Å²) in [5.74, 6) is 1.80. The zero-order valence-electron chi connectivity index (χ0n) is 10.8. The highest BCUT2D eigenvalue weighted by Gasteiger charge is 2.27. The van der Waals surface area contributed by atoms with Crippen molar-refractivity contribution in [1.82, 2.24) is 9.27 Å². The van der Waals surface area contributed by atoms with Gasteiger partial charge in [0, 0.05) is 23.4 Å². The molecule has 2 heterocycles. The van der Waals surface area contributed by atoms with Gasteiger partial charge in [0.2, 0.25) is 0 Å². The minimum atomic E-state index is -0.450. The quantitative estimate of drug-likeness (QED) is 0.745. The van der Waals surface area contributed by atoms with Crippen molar-refractivity contribution in [2.24, 2.45) is 0 Å². The SMILES string of the molecule is CC(C)(C)OC(=O)N1CCc2snc(C=P)c2C1. The molecule has 1 amide bonds. The first-order chi connectivity index (χ1) is 8.40. The molecule has 18 heavy (non-hydrogen) atoms. The van der Waals surface area contributed by atoms with Crippen molar-refractivity contribution in [2.45, 2.75) is 39.3 Å². The molecule has 0 spiro atoms. The second kappa shape index (κ2) is 4.98. The third-order valence-electron chi connectivity index (χ3n) is 2.65. The number of ether oxygens (including phenoxy) is 1. The van der Waals surface area contributed by atoms with Gasteiger partial charge in [-0.1, -0.05) is 0 Å². The lowest BCUT2D eigenvalue weighted by Gasteiger charge is -2.29. The number of carbonyl (C=O) groups is 1. The summed E-state index contributed by atoms with van der Waals surface area (Å²) in [5.41, 5.74) is 1.60. The monoisotopic (exact) mass is 284 g/mol. The highest BCUT2D eigenvalue weighted by molar-refractivity contribution is 7.19. The molecule has 1 aromatic rings. The van der Waals surface area contributed by atoms with Gasteiger partial charge in [0.25, 0.3) is 0 Å². The number of hydrogen-bond donors (Lipinski definition) is 0. The van der Waals surface area contributed by atoms with E-state index in [1.807, 2.05) is 20.8 Å². The molecule has 6 heteroatoms. The fourth-order valence-corrected chi connectivity index (χ4v) is 2.99. The van der Waals surface area contributed by atoms with E-state index in [1.54, 1.807) is 10.7 Å². The van der Waals surface area contributed by atoms with E-state index in [2.05, 4.69) is 13.2 Å². The van der Waals surface area contributed by atoms with Gasteiger partial charge in [0.05, 0.1) is 12.2 Å². The zero-order valence-corrected chi connectivity index (χ0v) is 12.6. The van der Waals surface area contributed by atoms with Crippen LogP contribution in [-0.4, -0.2) is 33.3 Å². The fourth-order valence-electron chi connectivity index (χ4n) is 1.83. The van der Waals surface area contributed by atoms with Crippen molar-refractivity contribution < 1.29 is 9.53 Å². The van der Waals surface area contributed by atoms with Crippen molar-refractivity contribution in [3.8, 4) is 0 Å². The third kappa shape index (κ3) is 2.90. The Morgan fingerprint density at radius 3 is 2.89 bits per heavy atom. The Kier molecular flexibility index (Phi) is 3.74. The summed E-state index contributed by atoms with van der Waals surface area (Å²) in [6, 6.07) is 0. The molecule has 0 N–H and O–H groups in total. The highest BCUT2D eigenvalue weighted by atomic mass is 32.1. The lowest BCUT2D eigenvalue weighted by Crippen LogP contribution is -2.39. The first kappa shape index (κ1) is 13.5. The second-order valence-corrected chi connectivity index (χ2v) is 6.41. The number of fused-ring (bicyclic) bond motifs is 1. The number of aromatic nitrogens is 1. The molecular weight excluding hydrogens is 267 g/mol.